The Kier molecular flexibility index (Phi) is 14.2. The molecule has 14 nitrogen and oxygen atoms in total. The summed E-state index contributed by atoms with van der Waals surface area (Å²) in [5, 5.41) is 24.9. The Balaban J connectivity index is 5.43. The van der Waals surface area contributed by atoms with Crippen molar-refractivity contribution < 1.29 is 34.2 Å². The summed E-state index contributed by atoms with van der Waals surface area (Å²) < 4.78 is 0. The van der Waals surface area contributed by atoms with Gasteiger partial charge in [0, 0.05) is 6.54 Å². The second-order valence-electron chi connectivity index (χ2n) is 7.13. The van der Waals surface area contributed by atoms with Gasteiger partial charge in [-0.05, 0) is 38.2 Å². The standard InChI is InChI=1S/C18H33N7O7S/c1-9(17(31)32)23-16(30)12(8-13(26)27)25-15(29)11(4-3-6-22-18(20)21)24-14(28)10(19)5-7-33-2/h9-12H,3-8,19H2,1-2H3,(H,23,30)(H,24,28)(H,25,29)(H,26,27)(H,31,32)(H4,20,21,22). The number of hydrogen-bond donors (Lipinski definition) is 8. The smallest absolute Gasteiger partial charge is 0.325 e. The van der Waals surface area contributed by atoms with Crippen molar-refractivity contribution in [3.63, 3.8) is 0 Å². The van der Waals surface area contributed by atoms with E-state index in [0.717, 1.165) is 0 Å². The lowest BCUT2D eigenvalue weighted by atomic mass is 10.1. The summed E-state index contributed by atoms with van der Waals surface area (Å²) in [7, 11) is 0. The Morgan fingerprint density at radius 1 is 0.939 bits per heavy atom. The third-order valence-electron chi connectivity index (χ3n) is 4.29. The molecule has 0 aromatic heterocycles. The molecule has 0 aliphatic carbocycles. The van der Waals surface area contributed by atoms with E-state index >= 15 is 0 Å². The number of aliphatic imine (C=N–C) groups is 1. The van der Waals surface area contributed by atoms with Crippen molar-refractivity contribution in [1.82, 2.24) is 16.0 Å². The van der Waals surface area contributed by atoms with Gasteiger partial charge in [-0.15, -0.1) is 0 Å². The van der Waals surface area contributed by atoms with Gasteiger partial charge in [-0.2, -0.15) is 11.8 Å². The first-order valence-electron chi connectivity index (χ1n) is 10.0. The molecule has 0 radical (unpaired) electrons. The van der Waals surface area contributed by atoms with Gasteiger partial charge < -0.3 is 43.4 Å². The first-order chi connectivity index (χ1) is 15.4. The van der Waals surface area contributed by atoms with Gasteiger partial charge >= 0.3 is 11.9 Å². The highest BCUT2D eigenvalue weighted by molar-refractivity contribution is 7.98. The Bertz CT molecular complexity index is 731. The van der Waals surface area contributed by atoms with E-state index in [9.17, 15) is 24.0 Å². The molecule has 0 saturated carbocycles. The number of nitrogens with one attached hydrogen (secondary N) is 3. The minimum Gasteiger partial charge on any atom is -0.481 e. The number of hydrogen-bond acceptors (Lipinski definition) is 8. The Morgan fingerprint density at radius 2 is 1.52 bits per heavy atom. The van der Waals surface area contributed by atoms with Gasteiger partial charge in [-0.1, -0.05) is 0 Å². The van der Waals surface area contributed by atoms with E-state index in [0.29, 0.717) is 12.2 Å². The van der Waals surface area contributed by atoms with Crippen LogP contribution in [-0.4, -0.2) is 88.6 Å². The Morgan fingerprint density at radius 3 is 2.03 bits per heavy atom. The minimum atomic E-state index is -1.57. The predicted molar refractivity (Wildman–Crippen MR) is 122 cm³/mol. The molecule has 0 aromatic rings. The average molecular weight is 492 g/mol. The molecule has 0 bridgehead atoms. The maximum Gasteiger partial charge on any atom is 0.325 e. The van der Waals surface area contributed by atoms with E-state index < -0.39 is 60.2 Å². The number of carbonyl (C=O) groups is 5. The van der Waals surface area contributed by atoms with Crippen LogP contribution in [0, 0.1) is 0 Å². The largest absolute Gasteiger partial charge is 0.481 e. The second-order valence-corrected chi connectivity index (χ2v) is 8.11. The molecule has 0 saturated heterocycles. The highest BCUT2D eigenvalue weighted by Gasteiger charge is 2.30. The molecule has 0 aliphatic heterocycles. The fraction of sp³-hybridized carbons (Fsp3) is 0.667. The fourth-order valence-corrected chi connectivity index (χ4v) is 2.95. The maximum absolute atomic E-state index is 12.8. The highest BCUT2D eigenvalue weighted by atomic mass is 32.2. The molecule has 0 fully saturated rings. The molecular weight excluding hydrogens is 458 g/mol. The lowest BCUT2D eigenvalue weighted by Crippen LogP contribution is -2.57. The Labute approximate surface area is 195 Å². The lowest BCUT2D eigenvalue weighted by Gasteiger charge is -2.24. The van der Waals surface area contributed by atoms with Gasteiger partial charge in [-0.25, -0.2) is 0 Å². The summed E-state index contributed by atoms with van der Waals surface area (Å²) in [6.07, 6.45) is 1.76. The summed E-state index contributed by atoms with van der Waals surface area (Å²) in [5.74, 6) is -4.69. The summed E-state index contributed by atoms with van der Waals surface area (Å²) in [5.41, 5.74) is 16.4. The zero-order valence-electron chi connectivity index (χ0n) is 18.6. The van der Waals surface area contributed by atoms with Gasteiger partial charge in [0.15, 0.2) is 5.96 Å². The molecule has 11 N–H and O–H groups in total. The van der Waals surface area contributed by atoms with Crippen molar-refractivity contribution in [2.75, 3.05) is 18.6 Å². The Hall–Kier alpha value is -3.07. The normalized spacial score (nSPS) is 14.2. The molecule has 4 unspecified atom stereocenters. The van der Waals surface area contributed by atoms with Crippen molar-refractivity contribution in [1.29, 1.82) is 0 Å². The predicted octanol–water partition coefficient (Wildman–Crippen LogP) is -2.85. The van der Waals surface area contributed by atoms with Crippen LogP contribution in [0.25, 0.3) is 0 Å². The lowest BCUT2D eigenvalue weighted by molar-refractivity contribution is -0.143. The molecule has 0 aliphatic rings. The molecule has 15 heteroatoms. The molecule has 188 valence electrons. The number of nitrogens with two attached hydrogens (primary N) is 3. The van der Waals surface area contributed by atoms with Crippen molar-refractivity contribution >= 4 is 47.4 Å². The van der Waals surface area contributed by atoms with E-state index in [4.69, 9.17) is 27.4 Å². The molecule has 33 heavy (non-hydrogen) atoms. The summed E-state index contributed by atoms with van der Waals surface area (Å²) in [4.78, 5) is 63.4. The second kappa shape index (κ2) is 15.7. The van der Waals surface area contributed by atoms with Gasteiger partial charge in [0.1, 0.15) is 18.1 Å². The number of carboxylic acids is 2. The molecule has 0 heterocycles. The molecular formula is C18H33N7O7S. The van der Waals surface area contributed by atoms with Crippen LogP contribution >= 0.6 is 11.8 Å². The van der Waals surface area contributed by atoms with Gasteiger partial charge in [0.2, 0.25) is 17.7 Å². The fourth-order valence-electron chi connectivity index (χ4n) is 2.46. The number of aliphatic carboxylic acids is 2. The number of carbonyl (C=O) groups excluding carboxylic acids is 3. The number of amides is 3. The van der Waals surface area contributed by atoms with Crippen LogP contribution in [0.4, 0.5) is 0 Å². The summed E-state index contributed by atoms with van der Waals surface area (Å²) >= 11 is 1.50. The van der Waals surface area contributed by atoms with Crippen LogP contribution < -0.4 is 33.2 Å². The van der Waals surface area contributed by atoms with Crippen LogP contribution in [0.15, 0.2) is 4.99 Å². The van der Waals surface area contributed by atoms with E-state index in [-0.39, 0.29) is 25.3 Å². The van der Waals surface area contributed by atoms with Crippen molar-refractivity contribution in [3.05, 3.63) is 0 Å². The number of carboxylic acid groups (broad SMARTS) is 2. The van der Waals surface area contributed by atoms with E-state index in [1.807, 2.05) is 6.26 Å². The van der Waals surface area contributed by atoms with E-state index in [1.54, 1.807) is 0 Å². The zero-order valence-corrected chi connectivity index (χ0v) is 19.4. The third-order valence-corrected chi connectivity index (χ3v) is 4.93. The molecule has 0 spiro atoms. The monoisotopic (exact) mass is 491 g/mol. The molecule has 3 amide bonds. The molecule has 0 aromatic carbocycles. The zero-order chi connectivity index (χ0) is 25.6. The van der Waals surface area contributed by atoms with E-state index in [1.165, 1.54) is 18.7 Å². The van der Waals surface area contributed by atoms with Crippen molar-refractivity contribution in [2.24, 2.45) is 22.2 Å². The number of rotatable bonds is 16. The van der Waals surface area contributed by atoms with Gasteiger partial charge in [0.05, 0.1) is 12.5 Å². The first-order valence-corrected chi connectivity index (χ1v) is 11.4. The molecule has 0 rings (SSSR count). The highest BCUT2D eigenvalue weighted by Crippen LogP contribution is 2.04. The van der Waals surface area contributed by atoms with E-state index in [2.05, 4.69) is 20.9 Å². The van der Waals surface area contributed by atoms with Crippen LogP contribution in [-0.2, 0) is 24.0 Å². The minimum absolute atomic E-state index is 0.0660. The SMILES string of the molecule is CSCCC(N)C(=O)NC(CCCN=C(N)N)C(=O)NC(CC(=O)O)C(=O)NC(C)C(=O)O. The maximum atomic E-state index is 12.8. The summed E-state index contributed by atoms with van der Waals surface area (Å²) in [6.45, 7) is 1.35. The topological polar surface area (TPSA) is 252 Å². The van der Waals surface area contributed by atoms with Crippen LogP contribution in [0.1, 0.15) is 32.6 Å². The third kappa shape index (κ3) is 13.2. The quantitative estimate of drug-likeness (QED) is 0.0619. The van der Waals surface area contributed by atoms with Crippen LogP contribution in [0.3, 0.4) is 0 Å². The van der Waals surface area contributed by atoms with Crippen LogP contribution in [0.2, 0.25) is 0 Å². The van der Waals surface area contributed by atoms with Gasteiger partial charge in [0.25, 0.3) is 0 Å². The number of thioether (sulfide) groups is 1. The van der Waals surface area contributed by atoms with Crippen molar-refractivity contribution in [3.8, 4) is 0 Å². The number of guanidine groups is 1. The average Bonchev–Trinajstić information content (AvgIpc) is 2.72. The first kappa shape index (κ1) is 29.9. The van der Waals surface area contributed by atoms with Crippen LogP contribution in [0.5, 0.6) is 0 Å². The van der Waals surface area contributed by atoms with Crippen molar-refractivity contribution in [2.45, 2.75) is 56.8 Å². The number of nitrogens with zero attached hydrogens (tertiary/aromatic N) is 1. The molecule has 4 atom stereocenters. The summed E-state index contributed by atoms with van der Waals surface area (Å²) in [6, 6.07) is -4.91. The van der Waals surface area contributed by atoms with Gasteiger partial charge in [-0.3, -0.25) is 29.0 Å².